The van der Waals surface area contributed by atoms with Crippen molar-refractivity contribution in [2.45, 2.75) is 32.1 Å². The second-order valence-electron chi connectivity index (χ2n) is 7.23. The fraction of sp³-hybridized carbons (Fsp3) is 0.208. The summed E-state index contributed by atoms with van der Waals surface area (Å²) < 4.78 is 28.1. The van der Waals surface area contributed by atoms with Crippen LogP contribution < -0.4 is 9.62 Å². The predicted octanol–water partition coefficient (Wildman–Crippen LogP) is 4.70. The van der Waals surface area contributed by atoms with E-state index in [0.717, 1.165) is 16.7 Å². The molecule has 0 saturated heterocycles. The lowest BCUT2D eigenvalue weighted by molar-refractivity contribution is -0.114. The zero-order valence-corrected chi connectivity index (χ0v) is 18.2. The van der Waals surface area contributed by atoms with Crippen molar-refractivity contribution in [2.24, 2.45) is 0 Å². The molecule has 0 aliphatic heterocycles. The van der Waals surface area contributed by atoms with Crippen LogP contribution in [0.4, 0.5) is 11.4 Å². The van der Waals surface area contributed by atoms with Gasteiger partial charge in [-0.3, -0.25) is 9.10 Å². The molecule has 1 N–H and O–H groups in total. The van der Waals surface area contributed by atoms with Gasteiger partial charge in [-0.15, -0.1) is 0 Å². The van der Waals surface area contributed by atoms with Crippen molar-refractivity contribution in [3.63, 3.8) is 0 Å². The van der Waals surface area contributed by atoms with Gasteiger partial charge in [-0.1, -0.05) is 49.4 Å². The molecule has 0 bridgehead atoms. The molecule has 0 atom stereocenters. The van der Waals surface area contributed by atoms with Gasteiger partial charge in [0.05, 0.1) is 10.6 Å². The summed E-state index contributed by atoms with van der Waals surface area (Å²) in [4.78, 5) is 13.0. The first-order valence-corrected chi connectivity index (χ1v) is 11.3. The highest BCUT2D eigenvalue weighted by molar-refractivity contribution is 7.92. The van der Waals surface area contributed by atoms with Crippen LogP contribution in [0.3, 0.4) is 0 Å². The summed E-state index contributed by atoms with van der Waals surface area (Å²) in [5.41, 5.74) is 4.07. The van der Waals surface area contributed by atoms with Gasteiger partial charge in [-0.05, 0) is 67.3 Å². The normalized spacial score (nSPS) is 11.2. The number of amides is 1. The summed E-state index contributed by atoms with van der Waals surface area (Å²) in [6, 6.07) is 21.2. The van der Waals surface area contributed by atoms with Gasteiger partial charge in [0.15, 0.2) is 0 Å². The Balaban J connectivity index is 1.98. The highest BCUT2D eigenvalue weighted by atomic mass is 32.2. The van der Waals surface area contributed by atoms with Crippen LogP contribution in [0.2, 0.25) is 0 Å². The molecule has 156 valence electrons. The summed E-state index contributed by atoms with van der Waals surface area (Å²) in [7, 11) is -3.92. The summed E-state index contributed by atoms with van der Waals surface area (Å²) in [6.07, 6.45) is 0.648. The SMILES string of the molecule is CCc1ccccc1N(CC(=O)Nc1cc(C)cc(C)c1)S(=O)(=O)c1ccccc1. The first kappa shape index (κ1) is 21.6. The third kappa shape index (κ3) is 4.89. The molecule has 0 fully saturated rings. The Hall–Kier alpha value is -3.12. The quantitative estimate of drug-likeness (QED) is 0.600. The number of nitrogens with zero attached hydrogens (tertiary/aromatic N) is 1. The van der Waals surface area contributed by atoms with Crippen LogP contribution in [0, 0.1) is 13.8 Å². The van der Waals surface area contributed by atoms with Gasteiger partial charge < -0.3 is 5.32 Å². The fourth-order valence-corrected chi connectivity index (χ4v) is 4.93. The van der Waals surface area contributed by atoms with Crippen LogP contribution in [0.5, 0.6) is 0 Å². The second-order valence-corrected chi connectivity index (χ2v) is 9.09. The molecular weight excluding hydrogens is 396 g/mol. The average Bonchev–Trinajstić information content (AvgIpc) is 2.72. The van der Waals surface area contributed by atoms with Crippen LogP contribution in [0.25, 0.3) is 0 Å². The molecule has 0 heterocycles. The monoisotopic (exact) mass is 422 g/mol. The zero-order valence-electron chi connectivity index (χ0n) is 17.4. The number of nitrogens with one attached hydrogen (secondary N) is 1. The highest BCUT2D eigenvalue weighted by Crippen LogP contribution is 2.27. The number of aryl methyl sites for hydroxylation is 3. The lowest BCUT2D eigenvalue weighted by atomic mass is 10.1. The largest absolute Gasteiger partial charge is 0.324 e. The fourth-order valence-electron chi connectivity index (χ4n) is 3.45. The Kier molecular flexibility index (Phi) is 6.57. The van der Waals surface area contributed by atoms with E-state index in [0.29, 0.717) is 17.8 Å². The number of carbonyl (C=O) groups excluding carboxylic acids is 1. The van der Waals surface area contributed by atoms with E-state index in [9.17, 15) is 13.2 Å². The molecule has 1 amide bonds. The van der Waals surface area contributed by atoms with E-state index < -0.39 is 15.9 Å². The van der Waals surface area contributed by atoms with E-state index in [2.05, 4.69) is 5.32 Å². The standard InChI is InChI=1S/C24H26N2O3S/c1-4-20-10-8-9-13-23(20)26(30(28,29)22-11-6-5-7-12-22)17-24(27)25-21-15-18(2)14-19(3)16-21/h5-16H,4,17H2,1-3H3,(H,25,27). The number of para-hydroxylation sites is 1. The molecule has 3 aromatic rings. The van der Waals surface area contributed by atoms with Crippen molar-refractivity contribution in [2.75, 3.05) is 16.2 Å². The van der Waals surface area contributed by atoms with Crippen LogP contribution in [0.15, 0.2) is 77.7 Å². The smallest absolute Gasteiger partial charge is 0.264 e. The Morgan fingerprint density at radius 2 is 1.50 bits per heavy atom. The maximum absolute atomic E-state index is 13.4. The van der Waals surface area contributed by atoms with Crippen LogP contribution in [0.1, 0.15) is 23.6 Å². The Morgan fingerprint density at radius 3 is 2.13 bits per heavy atom. The first-order chi connectivity index (χ1) is 14.3. The molecule has 0 unspecified atom stereocenters. The lowest BCUT2D eigenvalue weighted by Crippen LogP contribution is -2.38. The number of rotatable bonds is 7. The molecule has 3 aromatic carbocycles. The summed E-state index contributed by atoms with van der Waals surface area (Å²) in [6.45, 7) is 5.54. The third-order valence-corrected chi connectivity index (χ3v) is 6.54. The van der Waals surface area contributed by atoms with Gasteiger partial charge in [0.1, 0.15) is 6.54 Å². The van der Waals surface area contributed by atoms with Crippen molar-refractivity contribution in [3.05, 3.63) is 89.5 Å². The van der Waals surface area contributed by atoms with Crippen molar-refractivity contribution < 1.29 is 13.2 Å². The molecule has 0 saturated carbocycles. The number of benzene rings is 3. The molecule has 0 aliphatic carbocycles. The van der Waals surface area contributed by atoms with E-state index in [1.54, 1.807) is 42.5 Å². The first-order valence-electron chi connectivity index (χ1n) is 9.85. The Morgan fingerprint density at radius 1 is 0.900 bits per heavy atom. The molecule has 0 radical (unpaired) electrons. The minimum absolute atomic E-state index is 0.148. The summed E-state index contributed by atoms with van der Waals surface area (Å²) in [5, 5.41) is 2.84. The molecule has 0 aliphatic rings. The van der Waals surface area contributed by atoms with E-state index in [4.69, 9.17) is 0 Å². The maximum atomic E-state index is 13.4. The number of anilines is 2. The number of hydrogen-bond acceptors (Lipinski definition) is 3. The average molecular weight is 423 g/mol. The van der Waals surface area contributed by atoms with Crippen molar-refractivity contribution in [1.82, 2.24) is 0 Å². The number of carbonyl (C=O) groups is 1. The van der Waals surface area contributed by atoms with Crippen molar-refractivity contribution in [3.8, 4) is 0 Å². The Bertz CT molecular complexity index is 1120. The van der Waals surface area contributed by atoms with Crippen molar-refractivity contribution >= 4 is 27.3 Å². The van der Waals surface area contributed by atoms with Gasteiger partial charge in [0, 0.05) is 5.69 Å². The zero-order chi connectivity index (χ0) is 21.7. The van der Waals surface area contributed by atoms with Gasteiger partial charge in [-0.25, -0.2) is 8.42 Å². The molecule has 6 heteroatoms. The third-order valence-electron chi connectivity index (χ3n) is 4.77. The molecule has 3 rings (SSSR count). The predicted molar refractivity (Wildman–Crippen MR) is 121 cm³/mol. The highest BCUT2D eigenvalue weighted by Gasteiger charge is 2.28. The molecule has 30 heavy (non-hydrogen) atoms. The van der Waals surface area contributed by atoms with E-state index in [1.807, 2.05) is 51.1 Å². The molecular formula is C24H26N2O3S. The van der Waals surface area contributed by atoms with E-state index in [-0.39, 0.29) is 11.4 Å². The lowest BCUT2D eigenvalue weighted by Gasteiger charge is -2.26. The minimum Gasteiger partial charge on any atom is -0.324 e. The number of sulfonamides is 1. The van der Waals surface area contributed by atoms with E-state index in [1.165, 1.54) is 4.31 Å². The van der Waals surface area contributed by atoms with E-state index >= 15 is 0 Å². The molecule has 0 spiro atoms. The number of hydrogen-bond donors (Lipinski definition) is 1. The van der Waals surface area contributed by atoms with Crippen LogP contribution in [-0.4, -0.2) is 20.9 Å². The molecule has 5 nitrogen and oxygen atoms in total. The summed E-state index contributed by atoms with van der Waals surface area (Å²) in [5.74, 6) is -0.398. The molecule has 0 aromatic heterocycles. The van der Waals surface area contributed by atoms with Crippen LogP contribution >= 0.6 is 0 Å². The van der Waals surface area contributed by atoms with Gasteiger partial charge in [0.2, 0.25) is 5.91 Å². The van der Waals surface area contributed by atoms with Crippen molar-refractivity contribution in [1.29, 1.82) is 0 Å². The maximum Gasteiger partial charge on any atom is 0.264 e. The van der Waals surface area contributed by atoms with Gasteiger partial charge in [0.25, 0.3) is 10.0 Å². The minimum atomic E-state index is -3.92. The van der Waals surface area contributed by atoms with Crippen LogP contribution in [-0.2, 0) is 21.2 Å². The topological polar surface area (TPSA) is 66.5 Å². The summed E-state index contributed by atoms with van der Waals surface area (Å²) >= 11 is 0. The Labute approximate surface area is 178 Å². The second kappa shape index (κ2) is 9.13. The van der Waals surface area contributed by atoms with Gasteiger partial charge in [-0.2, -0.15) is 0 Å². The van der Waals surface area contributed by atoms with Gasteiger partial charge >= 0.3 is 0 Å².